The monoisotopic (exact) mass is 419 g/mol. The van der Waals surface area contributed by atoms with Crippen LogP contribution in [0.15, 0.2) is 18.3 Å². The minimum Gasteiger partial charge on any atom is -0.491 e. The van der Waals surface area contributed by atoms with Crippen molar-refractivity contribution in [3.8, 4) is 5.75 Å². The van der Waals surface area contributed by atoms with Crippen LogP contribution >= 0.6 is 11.6 Å². The SMILES string of the molecule is CCn1cc(C(=O)N2CCCC(O)(COc3cc(C)c(Cl)c(C)c3)CC2)c(C)n1. The number of hydrogen-bond donors (Lipinski definition) is 1. The maximum Gasteiger partial charge on any atom is 0.257 e. The summed E-state index contributed by atoms with van der Waals surface area (Å²) in [5.41, 5.74) is 2.33. The summed E-state index contributed by atoms with van der Waals surface area (Å²) in [6.45, 7) is 9.78. The number of hydrogen-bond acceptors (Lipinski definition) is 4. The molecule has 2 heterocycles. The fourth-order valence-electron chi connectivity index (χ4n) is 3.79. The van der Waals surface area contributed by atoms with E-state index in [9.17, 15) is 9.90 Å². The van der Waals surface area contributed by atoms with Gasteiger partial charge in [0.05, 0.1) is 11.3 Å². The number of aliphatic hydroxyl groups is 1. The van der Waals surface area contributed by atoms with Crippen LogP contribution in [0.25, 0.3) is 0 Å². The lowest BCUT2D eigenvalue weighted by atomic mass is 9.96. The highest BCUT2D eigenvalue weighted by Gasteiger charge is 2.33. The highest BCUT2D eigenvalue weighted by atomic mass is 35.5. The van der Waals surface area contributed by atoms with Crippen molar-refractivity contribution in [3.05, 3.63) is 45.7 Å². The van der Waals surface area contributed by atoms with E-state index in [1.54, 1.807) is 4.68 Å². The van der Waals surface area contributed by atoms with Crippen molar-refractivity contribution in [3.63, 3.8) is 0 Å². The molecular weight excluding hydrogens is 390 g/mol. The van der Waals surface area contributed by atoms with Crippen molar-refractivity contribution in [1.82, 2.24) is 14.7 Å². The maximum absolute atomic E-state index is 12.9. The molecular formula is C22H30ClN3O3. The minimum absolute atomic E-state index is 0.0173. The summed E-state index contributed by atoms with van der Waals surface area (Å²) in [5.74, 6) is 0.689. The first-order chi connectivity index (χ1) is 13.7. The lowest BCUT2D eigenvalue weighted by Gasteiger charge is -2.27. The molecule has 0 bridgehead atoms. The van der Waals surface area contributed by atoms with E-state index in [-0.39, 0.29) is 12.5 Å². The molecule has 158 valence electrons. The highest BCUT2D eigenvalue weighted by Crippen LogP contribution is 2.29. The number of ether oxygens (including phenoxy) is 1. The Hall–Kier alpha value is -2.05. The van der Waals surface area contributed by atoms with E-state index in [2.05, 4.69) is 5.10 Å². The summed E-state index contributed by atoms with van der Waals surface area (Å²) in [6.07, 6.45) is 3.61. The zero-order chi connectivity index (χ0) is 21.2. The highest BCUT2D eigenvalue weighted by molar-refractivity contribution is 6.32. The van der Waals surface area contributed by atoms with Gasteiger partial charge in [0, 0.05) is 30.9 Å². The quantitative estimate of drug-likeness (QED) is 0.797. The molecule has 0 saturated carbocycles. The third kappa shape index (κ3) is 4.93. The van der Waals surface area contributed by atoms with Gasteiger partial charge in [-0.25, -0.2) is 0 Å². The topological polar surface area (TPSA) is 67.6 Å². The van der Waals surface area contributed by atoms with Crippen LogP contribution in [-0.4, -0.2) is 51.0 Å². The fraction of sp³-hybridized carbons (Fsp3) is 0.545. The smallest absolute Gasteiger partial charge is 0.257 e. The zero-order valence-corrected chi connectivity index (χ0v) is 18.4. The summed E-state index contributed by atoms with van der Waals surface area (Å²) < 4.78 is 7.69. The van der Waals surface area contributed by atoms with Crippen LogP contribution in [0.1, 0.15) is 53.4 Å². The average Bonchev–Trinajstić information content (AvgIpc) is 2.95. The molecule has 0 radical (unpaired) electrons. The van der Waals surface area contributed by atoms with Gasteiger partial charge in [0.15, 0.2) is 0 Å². The first-order valence-corrected chi connectivity index (χ1v) is 10.6. The predicted octanol–water partition coefficient (Wildman–Crippen LogP) is 3.92. The lowest BCUT2D eigenvalue weighted by Crippen LogP contribution is -2.38. The molecule has 3 rings (SSSR count). The minimum atomic E-state index is -0.959. The normalized spacial score (nSPS) is 19.9. The van der Waals surface area contributed by atoms with Crippen LogP contribution in [0.4, 0.5) is 0 Å². The molecule has 2 aromatic rings. The van der Waals surface area contributed by atoms with Gasteiger partial charge in [-0.3, -0.25) is 9.48 Å². The molecule has 1 unspecified atom stereocenters. The van der Waals surface area contributed by atoms with Crippen molar-refractivity contribution in [2.45, 2.75) is 59.1 Å². The van der Waals surface area contributed by atoms with Gasteiger partial charge in [0.2, 0.25) is 0 Å². The summed E-state index contributed by atoms with van der Waals surface area (Å²) >= 11 is 6.22. The van der Waals surface area contributed by atoms with E-state index in [4.69, 9.17) is 16.3 Å². The van der Waals surface area contributed by atoms with Gasteiger partial charge in [-0.05, 0) is 70.2 Å². The van der Waals surface area contributed by atoms with Gasteiger partial charge in [-0.2, -0.15) is 5.10 Å². The number of carbonyl (C=O) groups excluding carboxylic acids is 1. The number of benzene rings is 1. The second-order valence-corrected chi connectivity index (χ2v) is 8.39. The van der Waals surface area contributed by atoms with E-state index >= 15 is 0 Å². The van der Waals surface area contributed by atoms with Gasteiger partial charge >= 0.3 is 0 Å². The first kappa shape index (κ1) is 21.7. The maximum atomic E-state index is 12.9. The van der Waals surface area contributed by atoms with Crippen molar-refractivity contribution in [1.29, 1.82) is 0 Å². The van der Waals surface area contributed by atoms with Crippen LogP contribution in [0.5, 0.6) is 5.75 Å². The Bertz CT molecular complexity index is 872. The summed E-state index contributed by atoms with van der Waals surface area (Å²) in [6, 6.07) is 3.78. The molecule has 1 saturated heterocycles. The molecule has 1 atom stereocenters. The second kappa shape index (κ2) is 8.76. The molecule has 1 amide bonds. The van der Waals surface area contributed by atoms with E-state index in [1.165, 1.54) is 0 Å². The van der Waals surface area contributed by atoms with Crippen molar-refractivity contribution < 1.29 is 14.6 Å². The number of carbonyl (C=O) groups is 1. The average molecular weight is 420 g/mol. The van der Waals surface area contributed by atoms with Crippen LogP contribution in [0.3, 0.4) is 0 Å². The second-order valence-electron chi connectivity index (χ2n) is 8.01. The Morgan fingerprint density at radius 2 is 1.93 bits per heavy atom. The van der Waals surface area contributed by atoms with Gasteiger partial charge < -0.3 is 14.7 Å². The van der Waals surface area contributed by atoms with Crippen molar-refractivity contribution in [2.24, 2.45) is 0 Å². The van der Waals surface area contributed by atoms with E-state index in [0.717, 1.165) is 34.8 Å². The Labute approximate surface area is 177 Å². The Morgan fingerprint density at radius 1 is 1.24 bits per heavy atom. The standard InChI is InChI=1S/C22H30ClN3O3/c1-5-26-13-19(17(4)24-26)21(27)25-9-6-7-22(28,8-10-25)14-29-18-11-15(2)20(23)16(3)12-18/h11-13,28H,5-10,14H2,1-4H3. The van der Waals surface area contributed by atoms with Crippen LogP contribution in [-0.2, 0) is 6.54 Å². The van der Waals surface area contributed by atoms with E-state index in [0.29, 0.717) is 37.2 Å². The largest absolute Gasteiger partial charge is 0.491 e. The molecule has 7 heteroatoms. The molecule has 0 spiro atoms. The van der Waals surface area contributed by atoms with Crippen molar-refractivity contribution >= 4 is 17.5 Å². The molecule has 1 aliphatic rings. The number of aryl methyl sites for hydroxylation is 4. The predicted molar refractivity (Wildman–Crippen MR) is 114 cm³/mol. The molecule has 29 heavy (non-hydrogen) atoms. The Morgan fingerprint density at radius 3 is 2.55 bits per heavy atom. The molecule has 1 aromatic heterocycles. The van der Waals surface area contributed by atoms with Crippen LogP contribution in [0.2, 0.25) is 5.02 Å². The van der Waals surface area contributed by atoms with E-state index < -0.39 is 5.60 Å². The molecule has 1 aliphatic heterocycles. The lowest BCUT2D eigenvalue weighted by molar-refractivity contribution is -0.0163. The zero-order valence-electron chi connectivity index (χ0n) is 17.7. The van der Waals surface area contributed by atoms with E-state index in [1.807, 2.05) is 50.9 Å². The van der Waals surface area contributed by atoms with Gasteiger partial charge in [0.1, 0.15) is 18.0 Å². The summed E-state index contributed by atoms with van der Waals surface area (Å²) in [4.78, 5) is 14.8. The molecule has 1 fully saturated rings. The molecule has 1 aromatic carbocycles. The first-order valence-electron chi connectivity index (χ1n) is 10.2. The number of aromatic nitrogens is 2. The number of amides is 1. The number of halogens is 1. The summed E-state index contributed by atoms with van der Waals surface area (Å²) in [7, 11) is 0. The molecule has 0 aliphatic carbocycles. The Balaban J connectivity index is 1.63. The Kier molecular flexibility index (Phi) is 6.54. The fourth-order valence-corrected chi connectivity index (χ4v) is 3.90. The molecule has 1 N–H and O–H groups in total. The van der Waals surface area contributed by atoms with Crippen LogP contribution < -0.4 is 4.74 Å². The summed E-state index contributed by atoms with van der Waals surface area (Å²) in [5, 5.41) is 16.2. The van der Waals surface area contributed by atoms with Gasteiger partial charge in [0.25, 0.3) is 5.91 Å². The van der Waals surface area contributed by atoms with Crippen molar-refractivity contribution in [2.75, 3.05) is 19.7 Å². The number of nitrogens with zero attached hydrogens (tertiary/aromatic N) is 3. The third-order valence-corrected chi connectivity index (χ3v) is 6.22. The number of rotatable bonds is 5. The van der Waals surface area contributed by atoms with Gasteiger partial charge in [-0.1, -0.05) is 11.6 Å². The number of likely N-dealkylation sites (tertiary alicyclic amines) is 1. The third-order valence-electron chi connectivity index (χ3n) is 5.62. The van der Waals surface area contributed by atoms with Gasteiger partial charge in [-0.15, -0.1) is 0 Å². The molecule has 6 nitrogen and oxygen atoms in total. The van der Waals surface area contributed by atoms with Crippen LogP contribution in [0, 0.1) is 20.8 Å².